The number of hydrogen-bond acceptors (Lipinski definition) is 4. The fraction of sp³-hybridized carbons (Fsp3) is 0.273. The van der Waals surface area contributed by atoms with Gasteiger partial charge in [0.25, 0.3) is 0 Å². The summed E-state index contributed by atoms with van der Waals surface area (Å²) in [5, 5.41) is 8.84. The quantitative estimate of drug-likeness (QED) is 0.518. The average molecular weight is 222 g/mol. The third kappa shape index (κ3) is 2.58. The van der Waals surface area contributed by atoms with Crippen LogP contribution < -0.4 is 11.5 Å². The molecule has 0 heterocycles. The minimum absolute atomic E-state index is 0.000602. The van der Waals surface area contributed by atoms with Crippen LogP contribution in [0.4, 0.5) is 5.69 Å². The maximum atomic E-state index is 11.7. The van der Waals surface area contributed by atoms with E-state index in [1.165, 1.54) is 18.2 Å². The van der Waals surface area contributed by atoms with Gasteiger partial charge in [0.1, 0.15) is 0 Å². The molecule has 1 aromatic carbocycles. The Bertz CT molecular complexity index is 427. The second kappa shape index (κ2) is 4.76. The van der Waals surface area contributed by atoms with Gasteiger partial charge >= 0.3 is 5.97 Å². The van der Waals surface area contributed by atoms with Crippen LogP contribution in [-0.4, -0.2) is 22.9 Å². The van der Waals surface area contributed by atoms with Crippen LogP contribution >= 0.6 is 0 Å². The number of para-hydroxylation sites is 1. The number of carbonyl (C=O) groups excluding carboxylic acids is 1. The summed E-state index contributed by atoms with van der Waals surface area (Å²) in [6, 6.07) is 4.08. The molecule has 0 radical (unpaired) electrons. The number of nitrogen functional groups attached to an aromatic ring is 1. The third-order valence-corrected chi connectivity index (χ3v) is 2.14. The van der Waals surface area contributed by atoms with Crippen LogP contribution in [-0.2, 0) is 0 Å². The van der Waals surface area contributed by atoms with Gasteiger partial charge in [-0.25, -0.2) is 4.79 Å². The van der Waals surface area contributed by atoms with Gasteiger partial charge in [0.2, 0.25) is 0 Å². The van der Waals surface area contributed by atoms with Crippen LogP contribution in [0.3, 0.4) is 0 Å². The summed E-state index contributed by atoms with van der Waals surface area (Å²) in [5.41, 5.74) is 11.3. The minimum Gasteiger partial charge on any atom is -0.478 e. The summed E-state index contributed by atoms with van der Waals surface area (Å²) in [4.78, 5) is 22.5. The largest absolute Gasteiger partial charge is 0.478 e. The Balaban J connectivity index is 3.10. The van der Waals surface area contributed by atoms with Crippen molar-refractivity contribution in [2.45, 2.75) is 19.4 Å². The van der Waals surface area contributed by atoms with Crippen LogP contribution in [0.25, 0.3) is 0 Å². The normalized spacial score (nSPS) is 12.1. The van der Waals surface area contributed by atoms with Crippen molar-refractivity contribution < 1.29 is 14.7 Å². The van der Waals surface area contributed by atoms with E-state index in [9.17, 15) is 9.59 Å². The van der Waals surface area contributed by atoms with Crippen molar-refractivity contribution >= 4 is 17.4 Å². The molecule has 1 rings (SSSR count). The van der Waals surface area contributed by atoms with Crippen molar-refractivity contribution in [3.63, 3.8) is 0 Å². The molecule has 0 aliphatic heterocycles. The maximum Gasteiger partial charge on any atom is 0.337 e. The smallest absolute Gasteiger partial charge is 0.337 e. The molecule has 0 unspecified atom stereocenters. The second-order valence-corrected chi connectivity index (χ2v) is 3.68. The van der Waals surface area contributed by atoms with Gasteiger partial charge in [0.15, 0.2) is 5.78 Å². The Kier molecular flexibility index (Phi) is 3.63. The van der Waals surface area contributed by atoms with Gasteiger partial charge in [-0.1, -0.05) is 6.07 Å². The number of carboxylic acids is 1. The highest BCUT2D eigenvalue weighted by molar-refractivity contribution is 6.06. The fourth-order valence-electron chi connectivity index (χ4n) is 1.40. The van der Waals surface area contributed by atoms with Crippen LogP contribution in [0.1, 0.15) is 34.1 Å². The van der Waals surface area contributed by atoms with Crippen molar-refractivity contribution in [2.24, 2.45) is 5.73 Å². The number of carboxylic acid groups (broad SMARTS) is 1. The number of carbonyl (C=O) groups is 2. The predicted octanol–water partition coefficient (Wildman–Crippen LogP) is 0.887. The maximum absolute atomic E-state index is 11.7. The molecule has 0 aliphatic rings. The Morgan fingerprint density at radius 3 is 2.44 bits per heavy atom. The van der Waals surface area contributed by atoms with E-state index in [1.54, 1.807) is 6.92 Å². The third-order valence-electron chi connectivity index (χ3n) is 2.14. The van der Waals surface area contributed by atoms with E-state index in [1.807, 2.05) is 0 Å². The van der Waals surface area contributed by atoms with Crippen LogP contribution in [0, 0.1) is 0 Å². The van der Waals surface area contributed by atoms with Crippen LogP contribution in [0.5, 0.6) is 0 Å². The van der Waals surface area contributed by atoms with Crippen LogP contribution in [0.2, 0.25) is 0 Å². The molecule has 0 aliphatic carbocycles. The molecular weight excluding hydrogens is 208 g/mol. The van der Waals surface area contributed by atoms with Crippen molar-refractivity contribution in [2.75, 3.05) is 5.73 Å². The lowest BCUT2D eigenvalue weighted by Gasteiger charge is -2.08. The number of anilines is 1. The number of ketones is 1. The van der Waals surface area contributed by atoms with Gasteiger partial charge in [0.05, 0.1) is 11.3 Å². The summed E-state index contributed by atoms with van der Waals surface area (Å²) >= 11 is 0. The first kappa shape index (κ1) is 12.2. The molecule has 5 heteroatoms. The lowest BCUT2D eigenvalue weighted by Crippen LogP contribution is -2.20. The highest BCUT2D eigenvalue weighted by Gasteiger charge is 2.16. The Labute approximate surface area is 93.1 Å². The van der Waals surface area contributed by atoms with E-state index in [2.05, 4.69) is 0 Å². The fourth-order valence-corrected chi connectivity index (χ4v) is 1.40. The Hall–Kier alpha value is -1.88. The summed E-state index contributed by atoms with van der Waals surface area (Å²) < 4.78 is 0. The molecule has 0 amide bonds. The van der Waals surface area contributed by atoms with Gasteiger partial charge in [-0.2, -0.15) is 0 Å². The van der Waals surface area contributed by atoms with E-state index in [-0.39, 0.29) is 35.1 Å². The van der Waals surface area contributed by atoms with Gasteiger partial charge in [-0.05, 0) is 19.1 Å². The SMILES string of the molecule is C[C@@H](N)CC(=O)c1cccc(C(=O)O)c1N. The first-order valence-corrected chi connectivity index (χ1v) is 4.84. The number of Topliss-reactive ketones (excluding diaryl/α,β-unsaturated/α-hetero) is 1. The molecule has 0 saturated carbocycles. The molecular formula is C11H14N2O3. The summed E-state index contributed by atoms with van der Waals surface area (Å²) in [6.07, 6.45) is 0.146. The van der Waals surface area contributed by atoms with E-state index >= 15 is 0 Å². The lowest BCUT2D eigenvalue weighted by atomic mass is 10.00. The van der Waals surface area contributed by atoms with E-state index < -0.39 is 5.97 Å². The van der Waals surface area contributed by atoms with E-state index in [4.69, 9.17) is 16.6 Å². The van der Waals surface area contributed by atoms with Crippen molar-refractivity contribution in [1.29, 1.82) is 0 Å². The first-order valence-electron chi connectivity index (χ1n) is 4.84. The number of hydrogen-bond donors (Lipinski definition) is 3. The molecule has 5 nitrogen and oxygen atoms in total. The number of rotatable bonds is 4. The molecule has 1 atom stereocenters. The molecule has 0 bridgehead atoms. The average Bonchev–Trinajstić information content (AvgIpc) is 2.16. The van der Waals surface area contributed by atoms with Gasteiger partial charge < -0.3 is 16.6 Å². The van der Waals surface area contributed by atoms with Crippen molar-refractivity contribution in [3.05, 3.63) is 29.3 Å². The number of benzene rings is 1. The van der Waals surface area contributed by atoms with E-state index in [0.717, 1.165) is 0 Å². The Morgan fingerprint density at radius 1 is 1.38 bits per heavy atom. The number of nitrogens with two attached hydrogens (primary N) is 2. The van der Waals surface area contributed by atoms with Crippen molar-refractivity contribution in [3.8, 4) is 0 Å². The lowest BCUT2D eigenvalue weighted by molar-refractivity contribution is 0.0698. The molecule has 1 aromatic rings. The molecule has 5 N–H and O–H groups in total. The Morgan fingerprint density at radius 2 is 1.94 bits per heavy atom. The standard InChI is InChI=1S/C11H14N2O3/c1-6(12)5-9(14)7-3-2-4-8(10(7)13)11(15)16/h2-4,6H,5,12-13H2,1H3,(H,15,16)/t6-/m1/s1. The predicted molar refractivity (Wildman–Crippen MR) is 60.4 cm³/mol. The van der Waals surface area contributed by atoms with Crippen LogP contribution in [0.15, 0.2) is 18.2 Å². The molecule has 0 saturated heterocycles. The molecule has 0 aromatic heterocycles. The highest BCUT2D eigenvalue weighted by Crippen LogP contribution is 2.19. The monoisotopic (exact) mass is 222 g/mol. The first-order chi connectivity index (χ1) is 7.43. The summed E-state index contributed by atoms with van der Waals surface area (Å²) in [5.74, 6) is -1.39. The zero-order valence-electron chi connectivity index (χ0n) is 8.93. The molecule has 0 spiro atoms. The van der Waals surface area contributed by atoms with Gasteiger partial charge in [-0.15, -0.1) is 0 Å². The summed E-state index contributed by atoms with van der Waals surface area (Å²) in [7, 11) is 0. The molecule has 0 fully saturated rings. The second-order valence-electron chi connectivity index (χ2n) is 3.68. The molecule has 86 valence electrons. The van der Waals surface area contributed by atoms with Gasteiger partial charge in [-0.3, -0.25) is 4.79 Å². The summed E-state index contributed by atoms with van der Waals surface area (Å²) in [6.45, 7) is 1.70. The molecule has 16 heavy (non-hydrogen) atoms. The van der Waals surface area contributed by atoms with Gasteiger partial charge in [0, 0.05) is 18.0 Å². The minimum atomic E-state index is -1.15. The topological polar surface area (TPSA) is 106 Å². The van der Waals surface area contributed by atoms with Crippen molar-refractivity contribution in [1.82, 2.24) is 0 Å². The van der Waals surface area contributed by atoms with E-state index in [0.29, 0.717) is 0 Å². The zero-order valence-corrected chi connectivity index (χ0v) is 8.93. The highest BCUT2D eigenvalue weighted by atomic mass is 16.4. The number of aromatic carboxylic acids is 1. The zero-order chi connectivity index (χ0) is 12.3.